The van der Waals surface area contributed by atoms with Crippen LogP contribution >= 0.6 is 0 Å². The first kappa shape index (κ1) is 13.1. The number of carbonyl (C=O) groups is 1. The van der Waals surface area contributed by atoms with Gasteiger partial charge in [-0.05, 0) is 56.0 Å². The SMILES string of the molecule is NC(=O)c1cccc(CCNCC2CCCC2)c1. The second kappa shape index (κ2) is 6.55. The Labute approximate surface area is 109 Å². The molecule has 3 N–H and O–H groups in total. The van der Waals surface area contributed by atoms with Gasteiger partial charge in [0.15, 0.2) is 0 Å². The summed E-state index contributed by atoms with van der Waals surface area (Å²) in [7, 11) is 0. The van der Waals surface area contributed by atoms with Gasteiger partial charge in [0.2, 0.25) is 5.91 Å². The van der Waals surface area contributed by atoms with Crippen LogP contribution in [0.25, 0.3) is 0 Å². The molecule has 2 rings (SSSR count). The van der Waals surface area contributed by atoms with Crippen LogP contribution in [0.1, 0.15) is 41.6 Å². The number of hydrogen-bond donors (Lipinski definition) is 2. The monoisotopic (exact) mass is 246 g/mol. The molecular formula is C15H22N2O. The Morgan fingerprint density at radius 3 is 2.83 bits per heavy atom. The first-order chi connectivity index (χ1) is 8.75. The van der Waals surface area contributed by atoms with Gasteiger partial charge >= 0.3 is 0 Å². The van der Waals surface area contributed by atoms with Gasteiger partial charge in [-0.25, -0.2) is 0 Å². The highest BCUT2D eigenvalue weighted by Crippen LogP contribution is 2.23. The van der Waals surface area contributed by atoms with Crippen LogP contribution in [0.3, 0.4) is 0 Å². The fourth-order valence-electron chi connectivity index (χ4n) is 2.63. The van der Waals surface area contributed by atoms with Crippen LogP contribution < -0.4 is 11.1 Å². The quantitative estimate of drug-likeness (QED) is 0.755. The van der Waals surface area contributed by atoms with Crippen LogP contribution in [0.15, 0.2) is 24.3 Å². The van der Waals surface area contributed by atoms with Gasteiger partial charge in [0.25, 0.3) is 0 Å². The van der Waals surface area contributed by atoms with E-state index >= 15 is 0 Å². The molecule has 0 aliphatic heterocycles. The predicted molar refractivity (Wildman–Crippen MR) is 73.5 cm³/mol. The molecule has 0 heterocycles. The molecule has 0 saturated heterocycles. The minimum Gasteiger partial charge on any atom is -0.366 e. The number of carbonyl (C=O) groups excluding carboxylic acids is 1. The molecular weight excluding hydrogens is 224 g/mol. The van der Waals surface area contributed by atoms with Crippen molar-refractivity contribution in [2.45, 2.75) is 32.1 Å². The second-order valence-corrected chi connectivity index (χ2v) is 5.17. The zero-order valence-corrected chi connectivity index (χ0v) is 10.8. The van der Waals surface area contributed by atoms with Gasteiger partial charge in [0.1, 0.15) is 0 Å². The van der Waals surface area contributed by atoms with E-state index < -0.39 is 0 Å². The molecule has 0 spiro atoms. The van der Waals surface area contributed by atoms with Crippen molar-refractivity contribution in [3.63, 3.8) is 0 Å². The Bertz CT molecular complexity index is 397. The van der Waals surface area contributed by atoms with Crippen molar-refractivity contribution in [3.8, 4) is 0 Å². The van der Waals surface area contributed by atoms with Crippen molar-refractivity contribution in [2.75, 3.05) is 13.1 Å². The van der Waals surface area contributed by atoms with Crippen molar-refractivity contribution in [1.29, 1.82) is 0 Å². The highest BCUT2D eigenvalue weighted by molar-refractivity contribution is 5.92. The summed E-state index contributed by atoms with van der Waals surface area (Å²) in [5, 5.41) is 3.51. The Morgan fingerprint density at radius 2 is 2.11 bits per heavy atom. The summed E-state index contributed by atoms with van der Waals surface area (Å²) in [6, 6.07) is 7.59. The molecule has 98 valence electrons. The summed E-state index contributed by atoms with van der Waals surface area (Å²) in [5.41, 5.74) is 7.04. The van der Waals surface area contributed by atoms with Crippen molar-refractivity contribution in [2.24, 2.45) is 11.7 Å². The zero-order chi connectivity index (χ0) is 12.8. The van der Waals surface area contributed by atoms with Crippen molar-refractivity contribution in [1.82, 2.24) is 5.32 Å². The van der Waals surface area contributed by atoms with E-state index in [2.05, 4.69) is 5.32 Å². The average Bonchev–Trinajstić information content (AvgIpc) is 2.88. The third-order valence-corrected chi connectivity index (χ3v) is 3.71. The van der Waals surface area contributed by atoms with E-state index in [9.17, 15) is 4.79 Å². The zero-order valence-electron chi connectivity index (χ0n) is 10.8. The maximum Gasteiger partial charge on any atom is 0.248 e. The van der Waals surface area contributed by atoms with Crippen LogP contribution in [-0.2, 0) is 6.42 Å². The fraction of sp³-hybridized carbons (Fsp3) is 0.533. The molecule has 1 aromatic rings. The lowest BCUT2D eigenvalue weighted by Crippen LogP contribution is -2.23. The molecule has 1 saturated carbocycles. The first-order valence-corrected chi connectivity index (χ1v) is 6.85. The number of nitrogens with one attached hydrogen (secondary N) is 1. The number of benzene rings is 1. The lowest BCUT2D eigenvalue weighted by atomic mass is 10.1. The van der Waals surface area contributed by atoms with Crippen molar-refractivity contribution >= 4 is 5.91 Å². The maximum absolute atomic E-state index is 11.1. The molecule has 3 nitrogen and oxygen atoms in total. The molecule has 0 atom stereocenters. The Kier molecular flexibility index (Phi) is 4.76. The van der Waals surface area contributed by atoms with Gasteiger partial charge in [-0.15, -0.1) is 0 Å². The van der Waals surface area contributed by atoms with Crippen LogP contribution in [0.4, 0.5) is 0 Å². The van der Waals surface area contributed by atoms with Gasteiger partial charge in [-0.1, -0.05) is 25.0 Å². The molecule has 0 bridgehead atoms. The topological polar surface area (TPSA) is 55.1 Å². The highest BCUT2D eigenvalue weighted by Gasteiger charge is 2.13. The van der Waals surface area contributed by atoms with Gasteiger partial charge in [0.05, 0.1) is 0 Å². The van der Waals surface area contributed by atoms with E-state index in [4.69, 9.17) is 5.73 Å². The van der Waals surface area contributed by atoms with Crippen LogP contribution in [-0.4, -0.2) is 19.0 Å². The molecule has 18 heavy (non-hydrogen) atoms. The standard InChI is InChI=1S/C15H22N2O/c16-15(18)14-7-3-6-12(10-14)8-9-17-11-13-4-1-2-5-13/h3,6-7,10,13,17H,1-2,4-5,8-9,11H2,(H2,16,18). The van der Waals surface area contributed by atoms with E-state index in [0.717, 1.165) is 25.4 Å². The summed E-state index contributed by atoms with van der Waals surface area (Å²) in [4.78, 5) is 11.1. The number of amides is 1. The number of rotatable bonds is 6. The normalized spacial score (nSPS) is 16.0. The van der Waals surface area contributed by atoms with E-state index in [-0.39, 0.29) is 5.91 Å². The van der Waals surface area contributed by atoms with Gasteiger partial charge in [0, 0.05) is 5.56 Å². The summed E-state index contributed by atoms with van der Waals surface area (Å²) >= 11 is 0. The van der Waals surface area contributed by atoms with Crippen LogP contribution in [0.2, 0.25) is 0 Å². The number of nitrogens with two attached hydrogens (primary N) is 1. The molecule has 1 amide bonds. The van der Waals surface area contributed by atoms with Crippen molar-refractivity contribution < 1.29 is 4.79 Å². The van der Waals surface area contributed by atoms with E-state index in [1.165, 1.54) is 31.2 Å². The number of primary amides is 1. The third kappa shape index (κ3) is 3.84. The maximum atomic E-state index is 11.1. The lowest BCUT2D eigenvalue weighted by molar-refractivity contribution is 0.1000. The Balaban J connectivity index is 1.72. The molecule has 0 unspecified atom stereocenters. The van der Waals surface area contributed by atoms with Crippen LogP contribution in [0, 0.1) is 5.92 Å². The summed E-state index contributed by atoms with van der Waals surface area (Å²) in [5.74, 6) is 0.526. The van der Waals surface area contributed by atoms with E-state index in [0.29, 0.717) is 5.56 Å². The number of hydrogen-bond acceptors (Lipinski definition) is 2. The largest absolute Gasteiger partial charge is 0.366 e. The summed E-state index contributed by atoms with van der Waals surface area (Å²) < 4.78 is 0. The molecule has 0 aromatic heterocycles. The fourth-order valence-corrected chi connectivity index (χ4v) is 2.63. The minimum atomic E-state index is -0.351. The molecule has 1 aliphatic rings. The van der Waals surface area contributed by atoms with Crippen LogP contribution in [0.5, 0.6) is 0 Å². The highest BCUT2D eigenvalue weighted by atomic mass is 16.1. The molecule has 1 aliphatic carbocycles. The summed E-state index contributed by atoms with van der Waals surface area (Å²) in [6.07, 6.45) is 6.50. The minimum absolute atomic E-state index is 0.351. The predicted octanol–water partition coefficient (Wildman–Crippen LogP) is 2.11. The molecule has 3 heteroatoms. The van der Waals surface area contributed by atoms with E-state index in [1.807, 2.05) is 18.2 Å². The van der Waals surface area contributed by atoms with Gasteiger partial charge in [-0.3, -0.25) is 4.79 Å². The molecule has 1 aromatic carbocycles. The Morgan fingerprint density at radius 1 is 1.33 bits per heavy atom. The van der Waals surface area contributed by atoms with Crippen molar-refractivity contribution in [3.05, 3.63) is 35.4 Å². The second-order valence-electron chi connectivity index (χ2n) is 5.17. The molecule has 1 fully saturated rings. The third-order valence-electron chi connectivity index (χ3n) is 3.71. The Hall–Kier alpha value is -1.35. The van der Waals surface area contributed by atoms with Gasteiger partial charge < -0.3 is 11.1 Å². The lowest BCUT2D eigenvalue weighted by Gasteiger charge is -2.10. The first-order valence-electron chi connectivity index (χ1n) is 6.85. The summed E-state index contributed by atoms with van der Waals surface area (Å²) in [6.45, 7) is 2.11. The van der Waals surface area contributed by atoms with E-state index in [1.54, 1.807) is 6.07 Å². The molecule has 0 radical (unpaired) electrons. The smallest absolute Gasteiger partial charge is 0.248 e. The average molecular weight is 246 g/mol. The van der Waals surface area contributed by atoms with Gasteiger partial charge in [-0.2, -0.15) is 0 Å².